The Bertz CT molecular complexity index is 245. The second-order valence-electron chi connectivity index (χ2n) is 2.17. The number of rotatable bonds is 3. The molecule has 0 heterocycles. The van der Waals surface area contributed by atoms with Gasteiger partial charge in [0, 0.05) is 6.92 Å². The van der Waals surface area contributed by atoms with Crippen LogP contribution in [0.3, 0.4) is 0 Å². The SMILES string of the molecule is COC(=O)/C(SC)=C(\C)OC(C)=O. The number of thioether (sulfide) groups is 1. The summed E-state index contributed by atoms with van der Waals surface area (Å²) in [4.78, 5) is 21.9. The van der Waals surface area contributed by atoms with Gasteiger partial charge in [-0.2, -0.15) is 0 Å². The van der Waals surface area contributed by atoms with E-state index in [2.05, 4.69) is 4.74 Å². The Balaban J connectivity index is 4.68. The first-order chi connectivity index (χ1) is 6.02. The minimum absolute atomic E-state index is 0.270. The van der Waals surface area contributed by atoms with E-state index < -0.39 is 11.9 Å². The standard InChI is InChI=1S/C8H12O4S/c1-5(12-6(2)9)7(13-4)8(10)11-3/h1-4H3/b7-5-. The van der Waals surface area contributed by atoms with Crippen LogP contribution in [0.2, 0.25) is 0 Å². The van der Waals surface area contributed by atoms with E-state index in [1.165, 1.54) is 25.8 Å². The predicted molar refractivity (Wildman–Crippen MR) is 50.0 cm³/mol. The third-order valence-electron chi connectivity index (χ3n) is 1.19. The molecule has 0 atom stereocenters. The molecule has 13 heavy (non-hydrogen) atoms. The van der Waals surface area contributed by atoms with Crippen LogP contribution in [0, 0.1) is 0 Å². The number of hydrogen-bond donors (Lipinski definition) is 0. The van der Waals surface area contributed by atoms with Crippen molar-refractivity contribution in [2.45, 2.75) is 13.8 Å². The average molecular weight is 204 g/mol. The van der Waals surface area contributed by atoms with Crippen molar-refractivity contribution in [2.24, 2.45) is 0 Å². The van der Waals surface area contributed by atoms with Gasteiger partial charge < -0.3 is 9.47 Å². The number of ether oxygens (including phenoxy) is 2. The zero-order valence-electron chi connectivity index (χ0n) is 8.04. The summed E-state index contributed by atoms with van der Waals surface area (Å²) in [6, 6.07) is 0. The molecule has 0 aromatic heterocycles. The van der Waals surface area contributed by atoms with Gasteiger partial charge in [0.25, 0.3) is 0 Å². The van der Waals surface area contributed by atoms with Gasteiger partial charge in [-0.05, 0) is 13.2 Å². The van der Waals surface area contributed by atoms with E-state index in [0.717, 1.165) is 0 Å². The largest absolute Gasteiger partial charge is 0.465 e. The van der Waals surface area contributed by atoms with E-state index in [4.69, 9.17) is 4.74 Å². The number of carbonyl (C=O) groups excluding carboxylic acids is 2. The lowest BCUT2D eigenvalue weighted by molar-refractivity contribution is -0.137. The summed E-state index contributed by atoms with van der Waals surface area (Å²) in [6.45, 7) is 2.82. The van der Waals surface area contributed by atoms with Gasteiger partial charge in [0.2, 0.25) is 0 Å². The molecule has 0 radical (unpaired) electrons. The van der Waals surface area contributed by atoms with Crippen molar-refractivity contribution >= 4 is 23.7 Å². The normalized spacial score (nSPS) is 11.7. The molecule has 0 spiro atoms. The minimum atomic E-state index is -0.494. The quantitative estimate of drug-likeness (QED) is 0.394. The van der Waals surface area contributed by atoms with Crippen molar-refractivity contribution < 1.29 is 19.1 Å². The molecule has 0 aromatic rings. The first-order valence-corrected chi connectivity index (χ1v) is 4.77. The van der Waals surface area contributed by atoms with Crippen LogP contribution in [-0.4, -0.2) is 25.3 Å². The highest BCUT2D eigenvalue weighted by molar-refractivity contribution is 8.03. The van der Waals surface area contributed by atoms with Crippen LogP contribution in [0.15, 0.2) is 10.7 Å². The van der Waals surface area contributed by atoms with Crippen molar-refractivity contribution in [3.8, 4) is 0 Å². The average Bonchev–Trinajstić information content (AvgIpc) is 2.03. The Morgan fingerprint density at radius 3 is 2.08 bits per heavy atom. The van der Waals surface area contributed by atoms with Crippen LogP contribution in [0.5, 0.6) is 0 Å². The number of allylic oxidation sites excluding steroid dienone is 1. The van der Waals surface area contributed by atoms with E-state index in [0.29, 0.717) is 4.91 Å². The molecule has 4 nitrogen and oxygen atoms in total. The molecular weight excluding hydrogens is 192 g/mol. The number of esters is 2. The molecule has 0 aliphatic carbocycles. The Hall–Kier alpha value is -0.970. The zero-order chi connectivity index (χ0) is 10.4. The van der Waals surface area contributed by atoms with E-state index in [1.807, 2.05) is 0 Å². The van der Waals surface area contributed by atoms with Crippen molar-refractivity contribution in [3.05, 3.63) is 10.7 Å². The van der Waals surface area contributed by atoms with Crippen molar-refractivity contribution in [1.82, 2.24) is 0 Å². The molecule has 0 unspecified atom stereocenters. The number of carbonyl (C=O) groups is 2. The first kappa shape index (κ1) is 12.0. The summed E-state index contributed by atoms with van der Waals surface area (Å²) in [7, 11) is 1.28. The van der Waals surface area contributed by atoms with Crippen LogP contribution in [0.25, 0.3) is 0 Å². The molecule has 0 aliphatic heterocycles. The van der Waals surface area contributed by atoms with Crippen molar-refractivity contribution in [2.75, 3.05) is 13.4 Å². The second kappa shape index (κ2) is 5.64. The highest BCUT2D eigenvalue weighted by atomic mass is 32.2. The third kappa shape index (κ3) is 3.98. The van der Waals surface area contributed by atoms with Crippen LogP contribution in [-0.2, 0) is 19.1 Å². The molecule has 0 rings (SSSR count). The Morgan fingerprint density at radius 2 is 1.77 bits per heavy atom. The maximum atomic E-state index is 11.1. The number of hydrogen-bond acceptors (Lipinski definition) is 5. The molecule has 0 aromatic carbocycles. The van der Waals surface area contributed by atoms with E-state index in [-0.39, 0.29) is 5.76 Å². The van der Waals surface area contributed by atoms with E-state index in [9.17, 15) is 9.59 Å². The fourth-order valence-electron chi connectivity index (χ4n) is 0.725. The van der Waals surface area contributed by atoms with Crippen LogP contribution >= 0.6 is 11.8 Å². The fraction of sp³-hybridized carbons (Fsp3) is 0.500. The highest BCUT2D eigenvalue weighted by Gasteiger charge is 2.14. The fourth-order valence-corrected chi connectivity index (χ4v) is 1.30. The van der Waals surface area contributed by atoms with Gasteiger partial charge in [0.05, 0.1) is 7.11 Å². The molecule has 0 saturated carbocycles. The van der Waals surface area contributed by atoms with Gasteiger partial charge in [-0.25, -0.2) is 4.79 Å². The monoisotopic (exact) mass is 204 g/mol. The van der Waals surface area contributed by atoms with Crippen LogP contribution < -0.4 is 0 Å². The Kier molecular flexibility index (Phi) is 5.22. The summed E-state index contributed by atoms with van der Waals surface area (Å²) < 4.78 is 9.24. The van der Waals surface area contributed by atoms with Crippen LogP contribution in [0.4, 0.5) is 0 Å². The summed E-state index contributed by atoms with van der Waals surface area (Å²) in [5.74, 6) is -0.675. The smallest absolute Gasteiger partial charge is 0.347 e. The van der Waals surface area contributed by atoms with Gasteiger partial charge in [0.1, 0.15) is 10.7 Å². The van der Waals surface area contributed by atoms with Gasteiger partial charge in [-0.15, -0.1) is 11.8 Å². The number of methoxy groups -OCH3 is 1. The molecule has 5 heteroatoms. The summed E-state index contributed by atoms with van der Waals surface area (Å²) in [5, 5.41) is 0. The zero-order valence-corrected chi connectivity index (χ0v) is 8.86. The lowest BCUT2D eigenvalue weighted by atomic mass is 10.5. The molecule has 0 bridgehead atoms. The van der Waals surface area contributed by atoms with Crippen molar-refractivity contribution in [3.63, 3.8) is 0 Å². The predicted octanol–water partition coefficient (Wildman–Crippen LogP) is 1.32. The molecule has 0 saturated heterocycles. The highest BCUT2D eigenvalue weighted by Crippen LogP contribution is 2.18. The van der Waals surface area contributed by atoms with Crippen LogP contribution in [0.1, 0.15) is 13.8 Å². The molecule has 0 N–H and O–H groups in total. The van der Waals surface area contributed by atoms with E-state index in [1.54, 1.807) is 13.2 Å². The second-order valence-corrected chi connectivity index (χ2v) is 2.99. The summed E-state index contributed by atoms with van der Waals surface area (Å²) >= 11 is 1.18. The molecule has 0 amide bonds. The molecule has 0 aliphatic rings. The lowest BCUT2D eigenvalue weighted by Gasteiger charge is -2.06. The van der Waals surface area contributed by atoms with Gasteiger partial charge in [-0.1, -0.05) is 0 Å². The molecule has 74 valence electrons. The Morgan fingerprint density at radius 1 is 1.23 bits per heavy atom. The van der Waals surface area contributed by atoms with Crippen molar-refractivity contribution in [1.29, 1.82) is 0 Å². The van der Waals surface area contributed by atoms with E-state index >= 15 is 0 Å². The Labute approximate surface area is 81.3 Å². The lowest BCUT2D eigenvalue weighted by Crippen LogP contribution is -2.07. The topological polar surface area (TPSA) is 52.6 Å². The minimum Gasteiger partial charge on any atom is -0.465 e. The summed E-state index contributed by atoms with van der Waals surface area (Å²) in [6.07, 6.45) is 1.71. The molecule has 0 fully saturated rings. The van der Waals surface area contributed by atoms with Gasteiger partial charge >= 0.3 is 11.9 Å². The van der Waals surface area contributed by atoms with Gasteiger partial charge in [-0.3, -0.25) is 4.79 Å². The summed E-state index contributed by atoms with van der Waals surface area (Å²) in [5.41, 5.74) is 0. The first-order valence-electron chi connectivity index (χ1n) is 3.54. The van der Waals surface area contributed by atoms with Gasteiger partial charge in [0.15, 0.2) is 0 Å². The maximum Gasteiger partial charge on any atom is 0.347 e. The maximum absolute atomic E-state index is 11.1. The third-order valence-corrected chi connectivity index (χ3v) is 2.05. The molecular formula is C8H12O4S.